The van der Waals surface area contributed by atoms with Crippen LogP contribution >= 0.6 is 22.9 Å². The zero-order valence-electron chi connectivity index (χ0n) is 15.2. The van der Waals surface area contributed by atoms with Crippen LogP contribution < -0.4 is 0 Å². The van der Waals surface area contributed by atoms with E-state index in [0.29, 0.717) is 18.4 Å². The van der Waals surface area contributed by atoms with Crippen molar-refractivity contribution in [2.45, 2.75) is 38.1 Å². The van der Waals surface area contributed by atoms with E-state index in [-0.39, 0.29) is 12.1 Å². The van der Waals surface area contributed by atoms with Crippen molar-refractivity contribution in [3.8, 4) is 0 Å². The molecule has 142 valence electrons. The summed E-state index contributed by atoms with van der Waals surface area (Å²) in [5.41, 5.74) is 0.866. The summed E-state index contributed by atoms with van der Waals surface area (Å²) in [5, 5.41) is 11.5. The minimum Gasteiger partial charge on any atom is -0.379 e. The van der Waals surface area contributed by atoms with Gasteiger partial charge in [-0.25, -0.2) is 4.68 Å². The Bertz CT molecular complexity index is 736. The fourth-order valence-electron chi connectivity index (χ4n) is 4.48. The lowest BCUT2D eigenvalue weighted by Gasteiger charge is -2.37. The molecule has 2 aliphatic rings. The van der Waals surface area contributed by atoms with Gasteiger partial charge in [0.05, 0.1) is 30.0 Å². The molecule has 4 atom stereocenters. The third-order valence-electron chi connectivity index (χ3n) is 5.71. The van der Waals surface area contributed by atoms with Crippen LogP contribution in [-0.2, 0) is 22.6 Å². The Morgan fingerprint density at radius 1 is 1.27 bits per heavy atom. The van der Waals surface area contributed by atoms with Gasteiger partial charge in [-0.15, -0.1) is 16.4 Å². The molecule has 6 nitrogen and oxygen atoms in total. The van der Waals surface area contributed by atoms with Gasteiger partial charge in [-0.1, -0.05) is 16.8 Å². The summed E-state index contributed by atoms with van der Waals surface area (Å²) in [4.78, 5) is 3.81. The molecule has 0 bridgehead atoms. The first-order valence-electron chi connectivity index (χ1n) is 9.04. The van der Waals surface area contributed by atoms with Gasteiger partial charge < -0.3 is 9.47 Å². The maximum absolute atomic E-state index is 6.28. The van der Waals surface area contributed by atoms with E-state index in [1.165, 1.54) is 4.88 Å². The molecule has 26 heavy (non-hydrogen) atoms. The predicted molar refractivity (Wildman–Crippen MR) is 101 cm³/mol. The number of fused-ring (bicyclic) bond motifs is 1. The molecule has 3 heterocycles. The van der Waals surface area contributed by atoms with E-state index in [2.05, 4.69) is 20.6 Å². The first kappa shape index (κ1) is 18.4. The molecule has 1 saturated carbocycles. The second-order valence-corrected chi connectivity index (χ2v) is 8.75. The molecular formula is C18H25ClN4O2S. The average Bonchev–Trinajstić information content (AvgIpc) is 3.34. The smallest absolute Gasteiger partial charge is 0.108 e. The number of rotatable bonds is 6. The van der Waals surface area contributed by atoms with Gasteiger partial charge in [-0.3, -0.25) is 4.90 Å². The second-order valence-electron chi connectivity index (χ2n) is 7.34. The number of aromatic nitrogens is 3. The highest BCUT2D eigenvalue weighted by Gasteiger charge is 2.43. The summed E-state index contributed by atoms with van der Waals surface area (Å²) in [7, 11) is 3.48. The van der Waals surface area contributed by atoms with Crippen LogP contribution in [0.2, 0.25) is 5.02 Å². The lowest BCUT2D eigenvalue weighted by Crippen LogP contribution is -2.37. The number of likely N-dealkylation sites (tertiary alicyclic amines) is 1. The largest absolute Gasteiger partial charge is 0.379 e. The van der Waals surface area contributed by atoms with Crippen LogP contribution in [0.25, 0.3) is 0 Å². The predicted octanol–water partition coefficient (Wildman–Crippen LogP) is 3.24. The van der Waals surface area contributed by atoms with E-state index in [1.807, 2.05) is 24.1 Å². The first-order valence-corrected chi connectivity index (χ1v) is 10.3. The summed E-state index contributed by atoms with van der Waals surface area (Å²) in [6, 6.07) is 2.23. The molecule has 2 fully saturated rings. The number of halogens is 1. The Kier molecular flexibility index (Phi) is 5.61. The van der Waals surface area contributed by atoms with Crippen LogP contribution in [0.1, 0.15) is 29.5 Å². The maximum Gasteiger partial charge on any atom is 0.108 e. The fourth-order valence-corrected chi connectivity index (χ4v) is 5.62. The number of hydrogen-bond donors (Lipinski definition) is 0. The summed E-state index contributed by atoms with van der Waals surface area (Å²) in [5.74, 6) is 1.34. The average molecular weight is 397 g/mol. The molecule has 1 aliphatic carbocycles. The molecule has 4 rings (SSSR count). The number of methoxy groups -OCH3 is 2. The van der Waals surface area contributed by atoms with Crippen LogP contribution in [-0.4, -0.2) is 53.3 Å². The Balaban J connectivity index is 1.44. The molecule has 1 saturated heterocycles. The van der Waals surface area contributed by atoms with Crippen molar-refractivity contribution in [2.75, 3.05) is 27.3 Å². The minimum atomic E-state index is 0.179. The van der Waals surface area contributed by atoms with Gasteiger partial charge in [0.15, 0.2) is 0 Å². The number of hydrogen-bond acceptors (Lipinski definition) is 6. The van der Waals surface area contributed by atoms with Crippen LogP contribution in [0, 0.1) is 11.8 Å². The van der Waals surface area contributed by atoms with Gasteiger partial charge in [0.2, 0.25) is 0 Å². The highest BCUT2D eigenvalue weighted by Crippen LogP contribution is 2.42. The molecule has 0 N–H and O–H groups in total. The molecule has 0 unspecified atom stereocenters. The van der Waals surface area contributed by atoms with Crippen molar-refractivity contribution >= 4 is 22.9 Å². The Labute approximate surface area is 163 Å². The van der Waals surface area contributed by atoms with Gasteiger partial charge in [-0.2, -0.15) is 0 Å². The monoisotopic (exact) mass is 396 g/mol. The van der Waals surface area contributed by atoms with Gasteiger partial charge in [0.1, 0.15) is 5.69 Å². The SMILES string of the molecule is COCc1cn([C@@H]2C[C@@H]3CN(Cc4sccc4Cl)C[C@@H]3C[C@H]2OC)nn1. The topological polar surface area (TPSA) is 52.4 Å². The zero-order chi connectivity index (χ0) is 18.1. The number of nitrogens with zero attached hydrogens (tertiary/aromatic N) is 4. The normalized spacial score (nSPS) is 29.2. The minimum absolute atomic E-state index is 0.179. The maximum atomic E-state index is 6.28. The third-order valence-corrected chi connectivity index (χ3v) is 7.08. The molecule has 0 aromatic carbocycles. The zero-order valence-corrected chi connectivity index (χ0v) is 16.7. The van der Waals surface area contributed by atoms with Crippen LogP contribution in [0.5, 0.6) is 0 Å². The van der Waals surface area contributed by atoms with Crippen molar-refractivity contribution < 1.29 is 9.47 Å². The Hall–Kier alpha value is -0.990. The van der Waals surface area contributed by atoms with E-state index in [9.17, 15) is 0 Å². The highest BCUT2D eigenvalue weighted by atomic mass is 35.5. The lowest BCUT2D eigenvalue weighted by atomic mass is 9.77. The lowest BCUT2D eigenvalue weighted by molar-refractivity contribution is -0.00548. The van der Waals surface area contributed by atoms with Crippen LogP contribution in [0.4, 0.5) is 0 Å². The van der Waals surface area contributed by atoms with Gasteiger partial charge >= 0.3 is 0 Å². The molecule has 0 radical (unpaired) electrons. The molecule has 1 aliphatic heterocycles. The molecular weight excluding hydrogens is 372 g/mol. The van der Waals surface area contributed by atoms with Crippen molar-refractivity contribution in [2.24, 2.45) is 11.8 Å². The summed E-state index contributed by atoms with van der Waals surface area (Å²) >= 11 is 8.03. The van der Waals surface area contributed by atoms with Gasteiger partial charge in [0.25, 0.3) is 0 Å². The number of thiophene rings is 1. The van der Waals surface area contributed by atoms with Crippen LogP contribution in [0.15, 0.2) is 17.6 Å². The second kappa shape index (κ2) is 7.94. The summed E-state index contributed by atoms with van der Waals surface area (Å²) < 4.78 is 13.0. The third kappa shape index (κ3) is 3.68. The molecule has 0 amide bonds. The van der Waals surface area contributed by atoms with Crippen molar-refractivity contribution in [3.63, 3.8) is 0 Å². The standard InChI is InChI=1S/C18H25ClN4O2S/c1-24-11-14-9-23(21-20-14)16-5-12-7-22(8-13(12)6-17(16)25-2)10-18-15(19)3-4-26-18/h3-4,9,12-13,16-17H,5-8,10-11H2,1-2H3/t12-,13+,16-,17-/m1/s1. The summed E-state index contributed by atoms with van der Waals surface area (Å²) in [6.45, 7) is 3.68. The molecule has 2 aromatic heterocycles. The van der Waals surface area contributed by atoms with Gasteiger partial charge in [-0.05, 0) is 36.1 Å². The van der Waals surface area contributed by atoms with Gasteiger partial charge in [0, 0.05) is 38.7 Å². The quantitative estimate of drug-likeness (QED) is 0.750. The van der Waals surface area contributed by atoms with Crippen molar-refractivity contribution in [1.82, 2.24) is 19.9 Å². The first-order chi connectivity index (χ1) is 12.7. The molecule has 0 spiro atoms. The highest BCUT2D eigenvalue weighted by molar-refractivity contribution is 7.10. The van der Waals surface area contributed by atoms with E-state index in [1.54, 1.807) is 18.4 Å². The number of ether oxygens (including phenoxy) is 2. The summed E-state index contributed by atoms with van der Waals surface area (Å²) in [6.07, 6.45) is 4.32. The van der Waals surface area contributed by atoms with E-state index in [0.717, 1.165) is 43.2 Å². The fraction of sp³-hybridized carbons (Fsp3) is 0.667. The van der Waals surface area contributed by atoms with E-state index >= 15 is 0 Å². The van der Waals surface area contributed by atoms with Crippen LogP contribution in [0.3, 0.4) is 0 Å². The molecule has 2 aromatic rings. The van der Waals surface area contributed by atoms with E-state index in [4.69, 9.17) is 21.1 Å². The van der Waals surface area contributed by atoms with E-state index < -0.39 is 0 Å². The van der Waals surface area contributed by atoms with Crippen molar-refractivity contribution in [3.05, 3.63) is 33.2 Å². The van der Waals surface area contributed by atoms with Crippen molar-refractivity contribution in [1.29, 1.82) is 0 Å². The Morgan fingerprint density at radius 2 is 2.08 bits per heavy atom. The Morgan fingerprint density at radius 3 is 2.77 bits per heavy atom. The molecule has 8 heteroatoms.